The lowest BCUT2D eigenvalue weighted by Gasteiger charge is -2.10. The summed E-state index contributed by atoms with van der Waals surface area (Å²) in [5, 5.41) is 15.4. The summed E-state index contributed by atoms with van der Waals surface area (Å²) in [4.78, 5) is 28.5. The maximum Gasteiger partial charge on any atom is 0.416 e. The summed E-state index contributed by atoms with van der Waals surface area (Å²) in [6.45, 7) is 3.59. The number of aromatic amines is 1. The van der Waals surface area contributed by atoms with Gasteiger partial charge < -0.3 is 10.7 Å². The molecule has 0 saturated carbocycles. The minimum atomic E-state index is -4.57. The SMILES string of the molecule is CCNC(=O)Nc1ncc2c(=O)n(-c3cc(C)cc(C(F)(F)F)c3)[nH]c2c1C=N. The number of aromatic nitrogens is 3. The molecule has 2 heterocycles. The third-order valence-corrected chi connectivity index (χ3v) is 4.13. The molecule has 0 aliphatic rings. The molecule has 0 atom stereocenters. The van der Waals surface area contributed by atoms with Crippen LogP contribution in [0.5, 0.6) is 0 Å². The normalized spacial score (nSPS) is 11.5. The molecule has 0 fully saturated rings. The molecule has 11 heteroatoms. The molecular formula is C18H17F3N6O2. The van der Waals surface area contributed by atoms with Crippen LogP contribution in [0.2, 0.25) is 0 Å². The molecule has 3 aromatic rings. The van der Waals surface area contributed by atoms with E-state index in [-0.39, 0.29) is 28.0 Å². The maximum absolute atomic E-state index is 13.1. The predicted molar refractivity (Wildman–Crippen MR) is 102 cm³/mol. The molecule has 1 aromatic carbocycles. The Morgan fingerprint density at radius 3 is 2.69 bits per heavy atom. The Balaban J connectivity index is 2.18. The average molecular weight is 406 g/mol. The van der Waals surface area contributed by atoms with Crippen molar-refractivity contribution in [3.8, 4) is 5.69 Å². The van der Waals surface area contributed by atoms with E-state index in [4.69, 9.17) is 5.41 Å². The Bertz CT molecular complexity index is 1160. The van der Waals surface area contributed by atoms with Crippen LogP contribution in [-0.2, 0) is 6.18 Å². The van der Waals surface area contributed by atoms with Crippen LogP contribution in [-0.4, -0.2) is 33.6 Å². The molecule has 8 nitrogen and oxygen atoms in total. The molecule has 2 aromatic heterocycles. The van der Waals surface area contributed by atoms with Gasteiger partial charge in [0.05, 0.1) is 27.7 Å². The number of hydrogen-bond acceptors (Lipinski definition) is 4. The van der Waals surface area contributed by atoms with Crippen molar-refractivity contribution in [3.05, 3.63) is 51.4 Å². The standard InChI is InChI=1S/C18H17F3N6O2/c1-3-23-17(29)25-15-12(7-22)14-13(8-24-15)16(28)27(26-14)11-5-9(2)4-10(6-11)18(19,20)21/h4-8,22,26H,3H2,1-2H3,(H2,23,24,25,29). The second-order valence-corrected chi connectivity index (χ2v) is 6.25. The van der Waals surface area contributed by atoms with Crippen LogP contribution in [0.15, 0.2) is 29.2 Å². The van der Waals surface area contributed by atoms with Gasteiger partial charge in [0.2, 0.25) is 0 Å². The zero-order chi connectivity index (χ0) is 21.3. The summed E-state index contributed by atoms with van der Waals surface area (Å²) >= 11 is 0. The first-order valence-electron chi connectivity index (χ1n) is 8.54. The molecule has 4 N–H and O–H groups in total. The minimum absolute atomic E-state index is 0.00677. The Kier molecular flexibility index (Phi) is 5.14. The highest BCUT2D eigenvalue weighted by molar-refractivity contribution is 6.04. The van der Waals surface area contributed by atoms with Crippen molar-refractivity contribution in [1.29, 1.82) is 5.41 Å². The molecule has 3 rings (SSSR count). The van der Waals surface area contributed by atoms with Crippen molar-refractivity contribution in [1.82, 2.24) is 20.1 Å². The second kappa shape index (κ2) is 7.41. The largest absolute Gasteiger partial charge is 0.416 e. The van der Waals surface area contributed by atoms with Crippen LogP contribution >= 0.6 is 0 Å². The molecule has 0 unspecified atom stereocenters. The van der Waals surface area contributed by atoms with Gasteiger partial charge in [0.1, 0.15) is 5.82 Å². The molecule has 0 spiro atoms. The van der Waals surface area contributed by atoms with Gasteiger partial charge in [0.15, 0.2) is 0 Å². The molecular weight excluding hydrogens is 389 g/mol. The number of benzene rings is 1. The monoisotopic (exact) mass is 406 g/mol. The van der Waals surface area contributed by atoms with Crippen molar-refractivity contribution in [2.24, 2.45) is 0 Å². The van der Waals surface area contributed by atoms with Crippen LogP contribution in [0.3, 0.4) is 0 Å². The van der Waals surface area contributed by atoms with Gasteiger partial charge in [-0.1, -0.05) is 0 Å². The summed E-state index contributed by atoms with van der Waals surface area (Å²) < 4.78 is 40.4. The highest BCUT2D eigenvalue weighted by Gasteiger charge is 2.31. The smallest absolute Gasteiger partial charge is 0.338 e. The number of anilines is 1. The van der Waals surface area contributed by atoms with Crippen LogP contribution in [0, 0.1) is 12.3 Å². The van der Waals surface area contributed by atoms with Gasteiger partial charge in [-0.05, 0) is 37.6 Å². The first kappa shape index (κ1) is 20.1. The number of carbonyl (C=O) groups is 1. The number of rotatable bonds is 4. The topological polar surface area (TPSA) is 116 Å². The van der Waals surface area contributed by atoms with Gasteiger partial charge >= 0.3 is 12.2 Å². The fourth-order valence-corrected chi connectivity index (χ4v) is 2.88. The van der Waals surface area contributed by atoms with E-state index in [2.05, 4.69) is 20.7 Å². The fourth-order valence-electron chi connectivity index (χ4n) is 2.88. The van der Waals surface area contributed by atoms with E-state index < -0.39 is 23.3 Å². The number of carbonyl (C=O) groups excluding carboxylic acids is 1. The van der Waals surface area contributed by atoms with Crippen LogP contribution in [0.4, 0.5) is 23.8 Å². The van der Waals surface area contributed by atoms with Crippen molar-refractivity contribution in [2.45, 2.75) is 20.0 Å². The van der Waals surface area contributed by atoms with Crippen molar-refractivity contribution < 1.29 is 18.0 Å². The summed E-state index contributed by atoms with van der Waals surface area (Å²) in [5.74, 6) is 0.0343. The van der Waals surface area contributed by atoms with E-state index >= 15 is 0 Å². The number of nitrogens with zero attached hydrogens (tertiary/aromatic N) is 2. The van der Waals surface area contributed by atoms with E-state index in [1.54, 1.807) is 6.92 Å². The number of aryl methyl sites for hydroxylation is 1. The quantitative estimate of drug-likeness (QED) is 0.499. The number of pyridine rings is 1. The van der Waals surface area contributed by atoms with Gasteiger partial charge in [-0.15, -0.1) is 0 Å². The van der Waals surface area contributed by atoms with Gasteiger partial charge in [0, 0.05) is 19.0 Å². The summed E-state index contributed by atoms with van der Waals surface area (Å²) in [6.07, 6.45) is -2.48. The lowest BCUT2D eigenvalue weighted by Crippen LogP contribution is -2.29. The Morgan fingerprint density at radius 2 is 2.07 bits per heavy atom. The highest BCUT2D eigenvalue weighted by Crippen LogP contribution is 2.31. The van der Waals surface area contributed by atoms with E-state index in [1.165, 1.54) is 19.2 Å². The van der Waals surface area contributed by atoms with Gasteiger partial charge in [-0.2, -0.15) is 13.2 Å². The first-order valence-corrected chi connectivity index (χ1v) is 8.54. The molecule has 0 aliphatic heterocycles. The summed E-state index contributed by atoms with van der Waals surface area (Å²) in [6, 6.07) is 2.72. The van der Waals surface area contributed by atoms with Crippen molar-refractivity contribution in [2.75, 3.05) is 11.9 Å². The molecule has 0 aliphatic carbocycles. The summed E-state index contributed by atoms with van der Waals surface area (Å²) in [7, 11) is 0. The second-order valence-electron chi connectivity index (χ2n) is 6.25. The third-order valence-electron chi connectivity index (χ3n) is 4.13. The molecule has 0 saturated heterocycles. The van der Waals surface area contributed by atoms with E-state index in [0.29, 0.717) is 12.1 Å². The number of H-pyrrole nitrogens is 1. The lowest BCUT2D eigenvalue weighted by atomic mass is 10.1. The number of nitrogens with one attached hydrogen (secondary N) is 4. The van der Waals surface area contributed by atoms with E-state index in [0.717, 1.165) is 23.0 Å². The highest BCUT2D eigenvalue weighted by atomic mass is 19.4. The van der Waals surface area contributed by atoms with Crippen LogP contribution < -0.4 is 16.2 Å². The Hall–Kier alpha value is -3.63. The Labute approximate surface area is 162 Å². The lowest BCUT2D eigenvalue weighted by molar-refractivity contribution is -0.137. The van der Waals surface area contributed by atoms with E-state index in [9.17, 15) is 22.8 Å². The van der Waals surface area contributed by atoms with Gasteiger partial charge in [-0.3, -0.25) is 15.2 Å². The van der Waals surface area contributed by atoms with Crippen molar-refractivity contribution in [3.63, 3.8) is 0 Å². The Morgan fingerprint density at radius 1 is 1.34 bits per heavy atom. The predicted octanol–water partition coefficient (Wildman–Crippen LogP) is 3.18. The minimum Gasteiger partial charge on any atom is -0.338 e. The number of alkyl halides is 3. The zero-order valence-corrected chi connectivity index (χ0v) is 15.4. The first-order chi connectivity index (χ1) is 13.7. The summed E-state index contributed by atoms with van der Waals surface area (Å²) in [5.41, 5.74) is -0.909. The number of amides is 2. The molecule has 0 bridgehead atoms. The fraction of sp³-hybridized carbons (Fsp3) is 0.222. The zero-order valence-electron chi connectivity index (χ0n) is 15.4. The molecule has 0 radical (unpaired) electrons. The number of hydrogen-bond donors (Lipinski definition) is 4. The van der Waals surface area contributed by atoms with Gasteiger partial charge in [0.25, 0.3) is 5.56 Å². The molecule has 29 heavy (non-hydrogen) atoms. The van der Waals surface area contributed by atoms with E-state index in [1.807, 2.05) is 0 Å². The third kappa shape index (κ3) is 3.84. The van der Waals surface area contributed by atoms with Crippen LogP contribution in [0.1, 0.15) is 23.6 Å². The van der Waals surface area contributed by atoms with Gasteiger partial charge in [-0.25, -0.2) is 14.5 Å². The number of urea groups is 1. The van der Waals surface area contributed by atoms with Crippen molar-refractivity contribution >= 4 is 29.0 Å². The number of halogens is 3. The molecule has 152 valence electrons. The van der Waals surface area contributed by atoms with Crippen LogP contribution in [0.25, 0.3) is 16.6 Å². The maximum atomic E-state index is 13.1. The number of fused-ring (bicyclic) bond motifs is 1. The average Bonchev–Trinajstić information content (AvgIpc) is 2.97. The molecule has 2 amide bonds.